The zero-order valence-electron chi connectivity index (χ0n) is 14.5. The summed E-state index contributed by atoms with van der Waals surface area (Å²) in [6.45, 7) is 2.94. The summed E-state index contributed by atoms with van der Waals surface area (Å²) in [6, 6.07) is 7.44. The maximum Gasteiger partial charge on any atom is 0.237 e. The highest BCUT2D eigenvalue weighted by molar-refractivity contribution is 6.31. The predicted octanol–water partition coefficient (Wildman–Crippen LogP) is 1.90. The minimum Gasteiger partial charge on any atom is -0.351 e. The lowest BCUT2D eigenvalue weighted by Gasteiger charge is -2.48. The molecule has 1 unspecified atom stereocenters. The number of carbonyl (C=O) groups excluding carboxylic acids is 2. The molecule has 25 heavy (non-hydrogen) atoms. The fraction of sp³-hybridized carbons (Fsp3) is 0.579. The van der Waals surface area contributed by atoms with Crippen LogP contribution in [0.25, 0.3) is 0 Å². The molecule has 1 atom stereocenters. The van der Waals surface area contributed by atoms with Crippen LogP contribution in [-0.4, -0.2) is 54.3 Å². The van der Waals surface area contributed by atoms with Gasteiger partial charge in [-0.25, -0.2) is 0 Å². The van der Waals surface area contributed by atoms with E-state index in [1.54, 1.807) is 0 Å². The number of rotatable bonds is 4. The molecule has 134 valence electrons. The van der Waals surface area contributed by atoms with Crippen LogP contribution in [0.3, 0.4) is 0 Å². The SMILES string of the molecule is CN1CC2(CC1C(=O)NCc1ccccc1Cl)CN(C(=O)C1CC1)C2. The Labute approximate surface area is 153 Å². The van der Waals surface area contributed by atoms with Crippen molar-refractivity contribution in [1.82, 2.24) is 15.1 Å². The number of likely N-dealkylation sites (N-methyl/N-ethyl adjacent to an activating group) is 1. The highest BCUT2D eigenvalue weighted by Crippen LogP contribution is 2.44. The van der Waals surface area contributed by atoms with E-state index in [4.69, 9.17) is 11.6 Å². The number of benzene rings is 1. The van der Waals surface area contributed by atoms with Crippen LogP contribution in [0.2, 0.25) is 5.02 Å². The smallest absolute Gasteiger partial charge is 0.237 e. The van der Waals surface area contributed by atoms with Gasteiger partial charge in [0.25, 0.3) is 0 Å². The van der Waals surface area contributed by atoms with Crippen LogP contribution in [-0.2, 0) is 16.1 Å². The van der Waals surface area contributed by atoms with E-state index in [1.165, 1.54) is 0 Å². The first kappa shape index (κ1) is 16.9. The first-order chi connectivity index (χ1) is 12.0. The number of halogens is 1. The van der Waals surface area contributed by atoms with E-state index in [0.717, 1.165) is 44.5 Å². The van der Waals surface area contributed by atoms with Gasteiger partial charge >= 0.3 is 0 Å². The lowest BCUT2D eigenvalue weighted by molar-refractivity contribution is -0.144. The van der Waals surface area contributed by atoms with Crippen LogP contribution in [0.5, 0.6) is 0 Å². The molecule has 1 N–H and O–H groups in total. The highest BCUT2D eigenvalue weighted by Gasteiger charge is 2.54. The van der Waals surface area contributed by atoms with Crippen molar-refractivity contribution in [3.63, 3.8) is 0 Å². The summed E-state index contributed by atoms with van der Waals surface area (Å²) >= 11 is 6.15. The first-order valence-corrected chi connectivity index (χ1v) is 9.35. The summed E-state index contributed by atoms with van der Waals surface area (Å²) in [7, 11) is 2.00. The molecule has 0 bridgehead atoms. The molecule has 1 spiro atoms. The number of hydrogen-bond acceptors (Lipinski definition) is 3. The summed E-state index contributed by atoms with van der Waals surface area (Å²) in [5.41, 5.74) is 1.03. The van der Waals surface area contributed by atoms with Gasteiger partial charge in [-0.3, -0.25) is 14.5 Å². The third kappa shape index (κ3) is 3.27. The Bertz CT molecular complexity index is 698. The van der Waals surface area contributed by atoms with Crippen molar-refractivity contribution in [2.75, 3.05) is 26.7 Å². The van der Waals surface area contributed by atoms with Crippen LogP contribution >= 0.6 is 11.6 Å². The van der Waals surface area contributed by atoms with Crippen molar-refractivity contribution < 1.29 is 9.59 Å². The van der Waals surface area contributed by atoms with Crippen molar-refractivity contribution in [2.45, 2.75) is 31.8 Å². The van der Waals surface area contributed by atoms with Gasteiger partial charge in [0.1, 0.15) is 0 Å². The molecule has 2 aliphatic heterocycles. The molecule has 5 nitrogen and oxygen atoms in total. The maximum absolute atomic E-state index is 12.6. The Balaban J connectivity index is 1.32. The number of amides is 2. The van der Waals surface area contributed by atoms with E-state index in [2.05, 4.69) is 10.2 Å². The van der Waals surface area contributed by atoms with Gasteiger partial charge < -0.3 is 10.2 Å². The molecule has 2 saturated heterocycles. The molecule has 2 amide bonds. The van der Waals surface area contributed by atoms with Crippen LogP contribution in [0, 0.1) is 11.3 Å². The number of carbonyl (C=O) groups is 2. The van der Waals surface area contributed by atoms with Crippen LogP contribution in [0.15, 0.2) is 24.3 Å². The lowest BCUT2D eigenvalue weighted by atomic mass is 9.77. The minimum absolute atomic E-state index is 0.0475. The third-order valence-corrected chi connectivity index (χ3v) is 6.12. The van der Waals surface area contributed by atoms with Gasteiger partial charge in [-0.2, -0.15) is 0 Å². The summed E-state index contributed by atoms with van der Waals surface area (Å²) in [6.07, 6.45) is 2.93. The Morgan fingerprint density at radius 2 is 1.96 bits per heavy atom. The molecular weight excluding hydrogens is 338 g/mol. The van der Waals surface area contributed by atoms with Gasteiger partial charge in [-0.05, 0) is 37.9 Å². The Morgan fingerprint density at radius 1 is 1.24 bits per heavy atom. The number of likely N-dealkylation sites (tertiary alicyclic amines) is 2. The second kappa shape index (κ2) is 6.29. The Kier molecular flexibility index (Phi) is 4.24. The minimum atomic E-state index is -0.124. The fourth-order valence-corrected chi connectivity index (χ4v) is 4.44. The Hall–Kier alpha value is -1.59. The number of hydrogen-bond donors (Lipinski definition) is 1. The number of nitrogens with one attached hydrogen (secondary N) is 1. The molecule has 4 rings (SSSR count). The standard InChI is InChI=1S/C19H24ClN3O2/c1-22-10-19(11-23(12-19)18(25)13-6-7-13)8-16(22)17(24)21-9-14-4-2-3-5-15(14)20/h2-5,13,16H,6-12H2,1H3,(H,21,24). The average molecular weight is 362 g/mol. The zero-order valence-corrected chi connectivity index (χ0v) is 15.3. The molecule has 3 aliphatic rings. The summed E-state index contributed by atoms with van der Waals surface area (Å²) in [5, 5.41) is 3.69. The molecule has 0 aromatic heterocycles. The van der Waals surface area contributed by atoms with Gasteiger partial charge in [0.15, 0.2) is 0 Å². The Morgan fingerprint density at radius 3 is 2.64 bits per heavy atom. The normalized spacial score (nSPS) is 25.0. The largest absolute Gasteiger partial charge is 0.351 e. The number of nitrogens with zero attached hydrogens (tertiary/aromatic N) is 2. The topological polar surface area (TPSA) is 52.7 Å². The third-order valence-electron chi connectivity index (χ3n) is 5.75. The maximum atomic E-state index is 12.6. The molecule has 1 aromatic carbocycles. The van der Waals surface area contributed by atoms with E-state index in [-0.39, 0.29) is 23.3 Å². The molecule has 1 saturated carbocycles. The first-order valence-electron chi connectivity index (χ1n) is 8.98. The fourth-order valence-electron chi connectivity index (χ4n) is 4.24. The van der Waals surface area contributed by atoms with E-state index < -0.39 is 0 Å². The van der Waals surface area contributed by atoms with Gasteiger partial charge in [0.05, 0.1) is 6.04 Å². The predicted molar refractivity (Wildman–Crippen MR) is 96.1 cm³/mol. The second-order valence-corrected chi connectivity index (χ2v) is 8.32. The highest BCUT2D eigenvalue weighted by atomic mass is 35.5. The summed E-state index contributed by atoms with van der Waals surface area (Å²) in [4.78, 5) is 28.9. The van der Waals surface area contributed by atoms with E-state index >= 15 is 0 Å². The van der Waals surface area contributed by atoms with Crippen molar-refractivity contribution in [2.24, 2.45) is 11.3 Å². The second-order valence-electron chi connectivity index (χ2n) is 7.91. The quantitative estimate of drug-likeness (QED) is 0.891. The summed E-state index contributed by atoms with van der Waals surface area (Å²) < 4.78 is 0. The lowest BCUT2D eigenvalue weighted by Crippen LogP contribution is -2.59. The van der Waals surface area contributed by atoms with Crippen LogP contribution in [0.4, 0.5) is 0 Å². The van der Waals surface area contributed by atoms with Crippen molar-refractivity contribution in [1.29, 1.82) is 0 Å². The van der Waals surface area contributed by atoms with E-state index in [0.29, 0.717) is 17.5 Å². The van der Waals surface area contributed by atoms with Gasteiger partial charge in [-0.1, -0.05) is 29.8 Å². The molecule has 2 heterocycles. The van der Waals surface area contributed by atoms with Crippen LogP contribution in [0.1, 0.15) is 24.8 Å². The molecular formula is C19H24ClN3O2. The monoisotopic (exact) mass is 361 g/mol. The van der Waals surface area contributed by atoms with Gasteiger partial charge in [-0.15, -0.1) is 0 Å². The molecule has 6 heteroatoms. The van der Waals surface area contributed by atoms with Crippen molar-refractivity contribution in [3.05, 3.63) is 34.9 Å². The molecule has 0 radical (unpaired) electrons. The molecule has 3 fully saturated rings. The van der Waals surface area contributed by atoms with Crippen molar-refractivity contribution >= 4 is 23.4 Å². The van der Waals surface area contributed by atoms with Gasteiger partial charge in [0, 0.05) is 42.5 Å². The van der Waals surface area contributed by atoms with Crippen molar-refractivity contribution in [3.8, 4) is 0 Å². The van der Waals surface area contributed by atoms with E-state index in [9.17, 15) is 9.59 Å². The molecule has 1 aliphatic carbocycles. The van der Waals surface area contributed by atoms with E-state index in [1.807, 2.05) is 36.2 Å². The molecule has 1 aromatic rings. The summed E-state index contributed by atoms with van der Waals surface area (Å²) in [5.74, 6) is 0.650. The van der Waals surface area contributed by atoms with Crippen LogP contribution < -0.4 is 5.32 Å². The zero-order chi connectivity index (χ0) is 17.6. The average Bonchev–Trinajstić information content (AvgIpc) is 3.34. The van der Waals surface area contributed by atoms with Gasteiger partial charge in [0.2, 0.25) is 11.8 Å².